The molecule has 4 aliphatic heterocycles. The van der Waals surface area contributed by atoms with Gasteiger partial charge in [0, 0.05) is 113 Å². The van der Waals surface area contributed by atoms with Crippen LogP contribution in [-0.2, 0) is 32.0 Å². The number of aromatic amines is 1. The number of piperazine rings is 2. The molecule has 9 rings (SSSR count). The number of fused-ring (bicyclic) bond motifs is 1. The minimum atomic E-state index is -0.633. The van der Waals surface area contributed by atoms with Crippen molar-refractivity contribution in [3.8, 4) is 0 Å². The molecule has 4 aromatic carbocycles. The number of piperidine rings is 1. The molecule has 1 unspecified atom stereocenters. The largest absolute Gasteiger partial charge is 0.381 e. The van der Waals surface area contributed by atoms with E-state index in [1.54, 1.807) is 0 Å². The maximum Gasteiger partial charge on any atom is 0.258 e. The summed E-state index contributed by atoms with van der Waals surface area (Å²) in [7, 11) is 0. The first kappa shape index (κ1) is 44.8. The number of nitrogens with one attached hydrogen (secondary N) is 5. The number of ether oxygens (including phenoxy) is 1. The molecule has 0 aliphatic carbocycles. The number of rotatable bonds is 14. The molecule has 4 aliphatic rings. The van der Waals surface area contributed by atoms with Gasteiger partial charge >= 0.3 is 0 Å². The van der Waals surface area contributed by atoms with Crippen molar-refractivity contribution < 1.29 is 32.7 Å². The molecule has 5 N–H and O–H groups in total. The molecule has 17 heteroatoms. The molecule has 346 valence electrons. The number of anilines is 4. The minimum absolute atomic E-state index is 0.133. The molecule has 5 aromatic rings. The third-order valence-corrected chi connectivity index (χ3v) is 13.1. The number of amides is 4. The van der Waals surface area contributed by atoms with Crippen molar-refractivity contribution in [2.24, 2.45) is 0 Å². The number of carbonyl (C=O) groups excluding carboxylic acids is 4. The lowest BCUT2D eigenvalue weighted by atomic mass is 10.0. The summed E-state index contributed by atoms with van der Waals surface area (Å²) < 4.78 is 33.4. The molecule has 0 saturated carbocycles. The first-order chi connectivity index (χ1) is 32.1. The SMILES string of the molecule is O=C1CCC(Nc2ccc(CCN3CCN(CC(=O)N4CCN(c5ccc(C(=O)Nc6n[nH]c7ccc(Cc8cc(F)cc(F)c8)cc67)c(NC6CCOCC6)c5)CC4)CC3)cc2)C(=O)N1. The van der Waals surface area contributed by atoms with E-state index in [0.717, 1.165) is 75.0 Å². The second kappa shape index (κ2) is 20.4. The van der Waals surface area contributed by atoms with Crippen molar-refractivity contribution in [2.45, 2.75) is 50.6 Å². The zero-order chi connectivity index (χ0) is 45.6. The second-order valence-electron chi connectivity index (χ2n) is 17.7. The monoisotopic (exact) mass is 902 g/mol. The fourth-order valence-corrected chi connectivity index (χ4v) is 9.26. The van der Waals surface area contributed by atoms with E-state index in [2.05, 4.69) is 58.3 Å². The van der Waals surface area contributed by atoms with Gasteiger partial charge in [-0.15, -0.1) is 0 Å². The molecule has 0 bridgehead atoms. The van der Waals surface area contributed by atoms with Gasteiger partial charge in [0.25, 0.3) is 5.91 Å². The van der Waals surface area contributed by atoms with Gasteiger partial charge in [-0.2, -0.15) is 5.10 Å². The first-order valence-corrected chi connectivity index (χ1v) is 23.0. The van der Waals surface area contributed by atoms with Gasteiger partial charge in [-0.3, -0.25) is 34.5 Å². The predicted octanol–water partition coefficient (Wildman–Crippen LogP) is 5.00. The molecule has 4 fully saturated rings. The van der Waals surface area contributed by atoms with E-state index in [-0.39, 0.29) is 29.7 Å². The zero-order valence-electron chi connectivity index (χ0n) is 36.9. The lowest BCUT2D eigenvalue weighted by Crippen LogP contribution is -2.54. The lowest BCUT2D eigenvalue weighted by Gasteiger charge is -2.39. The summed E-state index contributed by atoms with van der Waals surface area (Å²) >= 11 is 0. The number of imide groups is 1. The summed E-state index contributed by atoms with van der Waals surface area (Å²) in [5.41, 5.74) is 6.24. The summed E-state index contributed by atoms with van der Waals surface area (Å²) in [6, 6.07) is 22.7. The number of hydrogen-bond acceptors (Lipinski definition) is 11. The van der Waals surface area contributed by atoms with E-state index >= 15 is 0 Å². The van der Waals surface area contributed by atoms with Crippen molar-refractivity contribution in [2.75, 3.05) is 99.5 Å². The molecular weight excluding hydrogens is 847 g/mol. The maximum atomic E-state index is 14.0. The van der Waals surface area contributed by atoms with Gasteiger partial charge in [0.2, 0.25) is 17.7 Å². The van der Waals surface area contributed by atoms with E-state index in [4.69, 9.17) is 4.74 Å². The zero-order valence-corrected chi connectivity index (χ0v) is 36.9. The van der Waals surface area contributed by atoms with Gasteiger partial charge < -0.3 is 35.4 Å². The average Bonchev–Trinajstić information content (AvgIpc) is 3.71. The van der Waals surface area contributed by atoms with E-state index < -0.39 is 17.7 Å². The third kappa shape index (κ3) is 11.1. The van der Waals surface area contributed by atoms with Crippen molar-refractivity contribution in [1.82, 2.24) is 30.2 Å². The number of hydrogen-bond donors (Lipinski definition) is 5. The number of halogens is 2. The Hall–Kier alpha value is -6.43. The minimum Gasteiger partial charge on any atom is -0.381 e. The van der Waals surface area contributed by atoms with Crippen molar-refractivity contribution in [1.29, 1.82) is 0 Å². The highest BCUT2D eigenvalue weighted by molar-refractivity contribution is 6.11. The van der Waals surface area contributed by atoms with Gasteiger partial charge in [-0.25, -0.2) is 8.78 Å². The molecule has 4 saturated heterocycles. The Bertz CT molecular complexity index is 2530. The molecule has 4 amide bonds. The van der Waals surface area contributed by atoms with Gasteiger partial charge in [0.1, 0.15) is 17.7 Å². The van der Waals surface area contributed by atoms with Crippen LogP contribution in [0.15, 0.2) is 78.9 Å². The van der Waals surface area contributed by atoms with E-state index in [1.807, 2.05) is 53.4 Å². The first-order valence-electron chi connectivity index (χ1n) is 23.0. The predicted molar refractivity (Wildman–Crippen MR) is 249 cm³/mol. The molecule has 0 radical (unpaired) electrons. The molecule has 1 atom stereocenters. The Morgan fingerprint density at radius 3 is 2.23 bits per heavy atom. The highest BCUT2D eigenvalue weighted by Crippen LogP contribution is 2.30. The van der Waals surface area contributed by atoms with Crippen LogP contribution in [-0.4, -0.2) is 139 Å². The maximum absolute atomic E-state index is 14.0. The summed E-state index contributed by atoms with van der Waals surface area (Å²) in [6.45, 7) is 8.61. The number of benzene rings is 4. The second-order valence-corrected chi connectivity index (χ2v) is 17.7. The molecule has 15 nitrogen and oxygen atoms in total. The topological polar surface area (TPSA) is 167 Å². The van der Waals surface area contributed by atoms with E-state index in [9.17, 15) is 28.0 Å². The smallest absolute Gasteiger partial charge is 0.258 e. The van der Waals surface area contributed by atoms with Crippen LogP contribution in [0.2, 0.25) is 0 Å². The summed E-state index contributed by atoms with van der Waals surface area (Å²) in [5, 5.41) is 20.3. The van der Waals surface area contributed by atoms with Crippen LogP contribution in [0.5, 0.6) is 0 Å². The van der Waals surface area contributed by atoms with Crippen LogP contribution in [0, 0.1) is 11.6 Å². The third-order valence-electron chi connectivity index (χ3n) is 13.1. The Morgan fingerprint density at radius 1 is 0.758 bits per heavy atom. The Balaban J connectivity index is 0.761. The van der Waals surface area contributed by atoms with Gasteiger partial charge in [0.15, 0.2) is 5.82 Å². The lowest BCUT2D eigenvalue weighted by molar-refractivity contribution is -0.134. The summed E-state index contributed by atoms with van der Waals surface area (Å²) in [5.74, 6) is -1.60. The van der Waals surface area contributed by atoms with Crippen LogP contribution < -0.4 is 26.2 Å². The molecular formula is C49H56F2N10O5. The standard InChI is InChI=1S/C49H56F2N10O5/c50-35-26-34(27-36(51)29-35)25-33-3-8-42-41(28-33)47(57-56-42)55-48(64)40-7-6-39(30-44(40)53-38-12-23-66-24-13-38)60-19-21-61(22-20-60)46(63)31-59-17-15-58(16-18-59)14-11-32-1-4-37(5-2-32)52-43-9-10-45(62)54-49(43)65/h1-8,26-30,38,43,52-53H,9-25,31H2,(H,54,62,65)(H2,55,56,57,64). The highest BCUT2D eigenvalue weighted by atomic mass is 19.1. The van der Waals surface area contributed by atoms with Crippen LogP contribution in [0.25, 0.3) is 10.9 Å². The fourth-order valence-electron chi connectivity index (χ4n) is 9.26. The number of aromatic nitrogens is 2. The molecule has 1 aromatic heterocycles. The number of H-pyrrole nitrogens is 1. The molecule has 66 heavy (non-hydrogen) atoms. The number of carbonyl (C=O) groups is 4. The highest BCUT2D eigenvalue weighted by Gasteiger charge is 2.28. The Morgan fingerprint density at radius 2 is 1.48 bits per heavy atom. The summed E-state index contributed by atoms with van der Waals surface area (Å²) in [4.78, 5) is 60.0. The fraction of sp³-hybridized carbons (Fsp3) is 0.408. The van der Waals surface area contributed by atoms with Gasteiger partial charge in [-0.05, 0) is 103 Å². The van der Waals surface area contributed by atoms with E-state index in [0.29, 0.717) is 98.7 Å². The molecule has 5 heterocycles. The van der Waals surface area contributed by atoms with Crippen molar-refractivity contribution in [3.63, 3.8) is 0 Å². The van der Waals surface area contributed by atoms with Crippen LogP contribution in [0.3, 0.4) is 0 Å². The van der Waals surface area contributed by atoms with Crippen LogP contribution >= 0.6 is 0 Å². The Kier molecular flexibility index (Phi) is 13.8. The average molecular weight is 903 g/mol. The quantitative estimate of drug-likeness (QED) is 0.0953. The van der Waals surface area contributed by atoms with Crippen molar-refractivity contribution >= 4 is 57.4 Å². The van der Waals surface area contributed by atoms with E-state index in [1.165, 1.54) is 17.7 Å². The number of nitrogens with zero attached hydrogens (tertiary/aromatic N) is 5. The Labute approximate surface area is 382 Å². The van der Waals surface area contributed by atoms with Crippen LogP contribution in [0.1, 0.15) is 52.7 Å². The van der Waals surface area contributed by atoms with Gasteiger partial charge in [-0.1, -0.05) is 18.2 Å². The molecule has 0 spiro atoms. The summed E-state index contributed by atoms with van der Waals surface area (Å²) in [6.07, 6.45) is 3.66. The van der Waals surface area contributed by atoms with Crippen molar-refractivity contribution in [3.05, 3.63) is 113 Å². The normalized spacial score (nSPS) is 18.9. The van der Waals surface area contributed by atoms with Crippen LogP contribution in [0.4, 0.5) is 31.7 Å². The van der Waals surface area contributed by atoms with Gasteiger partial charge in [0.05, 0.1) is 17.6 Å².